The van der Waals surface area contributed by atoms with Crippen molar-refractivity contribution in [3.05, 3.63) is 0 Å². The van der Waals surface area contributed by atoms with E-state index in [0.29, 0.717) is 5.01 Å². The normalized spacial score (nSPS) is 10.5. The second kappa shape index (κ2) is 4.77. The second-order valence-electron chi connectivity index (χ2n) is 4.00. The van der Waals surface area contributed by atoms with Crippen molar-refractivity contribution >= 4 is 17.9 Å². The van der Waals surface area contributed by atoms with Crippen LogP contribution in [0.2, 0.25) is 0 Å². The molecule has 0 saturated heterocycles. The molecule has 0 aliphatic rings. The Morgan fingerprint density at radius 3 is 1.87 bits per heavy atom. The molecule has 0 atom stereocenters. The summed E-state index contributed by atoms with van der Waals surface area (Å²) in [6, 6.07) is 0. The Bertz CT molecular complexity index is 280. The zero-order valence-electron chi connectivity index (χ0n) is 9.58. The standard InChI is InChI=1S/C9H16N2O4/c1-6(12)10-11(7(2)13)8(14)15-9(3,4)5/h1-5H3,(H,10,12). The van der Waals surface area contributed by atoms with E-state index in [2.05, 4.69) is 5.43 Å². The molecule has 0 heterocycles. The fourth-order valence-corrected chi connectivity index (χ4v) is 0.718. The number of amides is 3. The van der Waals surface area contributed by atoms with Gasteiger partial charge >= 0.3 is 6.09 Å². The van der Waals surface area contributed by atoms with E-state index in [1.807, 2.05) is 0 Å². The summed E-state index contributed by atoms with van der Waals surface area (Å²) in [5, 5.41) is 0.535. The first-order valence-electron chi connectivity index (χ1n) is 4.44. The second-order valence-corrected chi connectivity index (χ2v) is 4.00. The van der Waals surface area contributed by atoms with Crippen LogP contribution in [0.4, 0.5) is 4.79 Å². The van der Waals surface area contributed by atoms with Crippen LogP contribution in [0.3, 0.4) is 0 Å². The fraction of sp³-hybridized carbons (Fsp3) is 0.667. The molecule has 0 aliphatic heterocycles. The lowest BCUT2D eigenvalue weighted by molar-refractivity contribution is -0.137. The monoisotopic (exact) mass is 216 g/mol. The van der Waals surface area contributed by atoms with Crippen LogP contribution in [-0.2, 0) is 14.3 Å². The van der Waals surface area contributed by atoms with Gasteiger partial charge in [0.15, 0.2) is 0 Å². The molecule has 0 rings (SSSR count). The third kappa shape index (κ3) is 5.66. The minimum absolute atomic E-state index is 0.518. The highest BCUT2D eigenvalue weighted by molar-refractivity contribution is 5.92. The molecule has 6 heteroatoms. The number of carbonyl (C=O) groups is 3. The third-order valence-electron chi connectivity index (χ3n) is 1.16. The summed E-state index contributed by atoms with van der Waals surface area (Å²) in [4.78, 5) is 33.1. The molecule has 1 N–H and O–H groups in total. The molecule has 3 amide bonds. The van der Waals surface area contributed by atoms with Crippen molar-refractivity contribution in [2.75, 3.05) is 0 Å². The van der Waals surface area contributed by atoms with Gasteiger partial charge in [-0.15, -0.1) is 0 Å². The molecule has 0 radical (unpaired) electrons. The quantitative estimate of drug-likeness (QED) is 0.608. The molecule has 0 unspecified atom stereocenters. The van der Waals surface area contributed by atoms with E-state index in [9.17, 15) is 14.4 Å². The van der Waals surface area contributed by atoms with E-state index in [4.69, 9.17) is 4.74 Å². The Morgan fingerprint density at radius 2 is 1.60 bits per heavy atom. The summed E-state index contributed by atoms with van der Waals surface area (Å²) < 4.78 is 4.91. The Hall–Kier alpha value is -1.59. The molecule has 0 saturated carbocycles. The van der Waals surface area contributed by atoms with Crippen LogP contribution in [0.15, 0.2) is 0 Å². The van der Waals surface area contributed by atoms with Crippen LogP contribution < -0.4 is 5.43 Å². The van der Waals surface area contributed by atoms with Crippen LogP contribution in [-0.4, -0.2) is 28.5 Å². The van der Waals surface area contributed by atoms with Crippen LogP contribution in [0.25, 0.3) is 0 Å². The minimum atomic E-state index is -0.898. The van der Waals surface area contributed by atoms with Crippen molar-refractivity contribution in [1.29, 1.82) is 0 Å². The average molecular weight is 216 g/mol. The Balaban J connectivity index is 4.57. The van der Waals surface area contributed by atoms with Gasteiger partial charge in [-0.2, -0.15) is 5.01 Å². The van der Waals surface area contributed by atoms with Gasteiger partial charge in [-0.3, -0.25) is 15.0 Å². The number of hydrazine groups is 1. The van der Waals surface area contributed by atoms with E-state index >= 15 is 0 Å². The van der Waals surface area contributed by atoms with Gasteiger partial charge in [-0.05, 0) is 20.8 Å². The van der Waals surface area contributed by atoms with E-state index in [0.717, 1.165) is 6.92 Å². The van der Waals surface area contributed by atoms with Crippen LogP contribution in [0.1, 0.15) is 34.6 Å². The third-order valence-corrected chi connectivity index (χ3v) is 1.16. The lowest BCUT2D eigenvalue weighted by Crippen LogP contribution is -2.50. The Kier molecular flexibility index (Phi) is 4.26. The first-order chi connectivity index (χ1) is 6.63. The lowest BCUT2D eigenvalue weighted by Gasteiger charge is -2.24. The van der Waals surface area contributed by atoms with Crippen LogP contribution in [0, 0.1) is 0 Å². The number of nitrogens with zero attached hydrogens (tertiary/aromatic N) is 1. The van der Waals surface area contributed by atoms with Gasteiger partial charge in [0.25, 0.3) is 0 Å². The van der Waals surface area contributed by atoms with E-state index in [-0.39, 0.29) is 0 Å². The van der Waals surface area contributed by atoms with Crippen LogP contribution >= 0.6 is 0 Å². The molecule has 0 fully saturated rings. The largest absolute Gasteiger partial charge is 0.442 e. The maximum Gasteiger partial charge on any atom is 0.436 e. The summed E-state index contributed by atoms with van der Waals surface area (Å²) in [5.74, 6) is -1.13. The number of imide groups is 1. The first-order valence-corrected chi connectivity index (χ1v) is 4.44. The predicted octanol–water partition coefficient (Wildman–Crippen LogP) is 0.821. The Morgan fingerprint density at radius 1 is 1.13 bits per heavy atom. The van der Waals surface area contributed by atoms with E-state index < -0.39 is 23.5 Å². The molecule has 86 valence electrons. The van der Waals surface area contributed by atoms with Crippen molar-refractivity contribution in [3.8, 4) is 0 Å². The SMILES string of the molecule is CC(=O)NN(C(C)=O)C(=O)OC(C)(C)C. The molecule has 0 aromatic heterocycles. The number of carbonyl (C=O) groups excluding carboxylic acids is 3. The van der Waals surface area contributed by atoms with Gasteiger partial charge in [-0.25, -0.2) is 4.79 Å². The molecular weight excluding hydrogens is 200 g/mol. The topological polar surface area (TPSA) is 75.7 Å². The highest BCUT2D eigenvalue weighted by atomic mass is 16.6. The molecule has 6 nitrogen and oxygen atoms in total. The summed E-state index contributed by atoms with van der Waals surface area (Å²) >= 11 is 0. The molecule has 0 aromatic carbocycles. The zero-order chi connectivity index (χ0) is 12.2. The van der Waals surface area contributed by atoms with Crippen LogP contribution in [0.5, 0.6) is 0 Å². The summed E-state index contributed by atoms with van der Waals surface area (Å²) in [7, 11) is 0. The zero-order valence-corrected chi connectivity index (χ0v) is 9.58. The van der Waals surface area contributed by atoms with E-state index in [1.165, 1.54) is 6.92 Å². The smallest absolute Gasteiger partial charge is 0.436 e. The van der Waals surface area contributed by atoms with Crippen molar-refractivity contribution in [2.45, 2.75) is 40.2 Å². The molecule has 15 heavy (non-hydrogen) atoms. The van der Waals surface area contributed by atoms with E-state index in [1.54, 1.807) is 20.8 Å². The van der Waals surface area contributed by atoms with Crippen molar-refractivity contribution in [1.82, 2.24) is 10.4 Å². The maximum absolute atomic E-state index is 11.4. The van der Waals surface area contributed by atoms with Gasteiger partial charge < -0.3 is 4.74 Å². The fourth-order valence-electron chi connectivity index (χ4n) is 0.718. The number of hydrogen-bond donors (Lipinski definition) is 1. The number of ether oxygens (including phenoxy) is 1. The minimum Gasteiger partial charge on any atom is -0.442 e. The van der Waals surface area contributed by atoms with Crippen molar-refractivity contribution in [2.24, 2.45) is 0 Å². The molecule has 0 aromatic rings. The van der Waals surface area contributed by atoms with Gasteiger partial charge in [0.1, 0.15) is 5.60 Å². The first kappa shape index (κ1) is 13.4. The Labute approximate surface area is 88.5 Å². The lowest BCUT2D eigenvalue weighted by atomic mass is 10.2. The molecule has 0 aliphatic carbocycles. The predicted molar refractivity (Wildman–Crippen MR) is 52.6 cm³/mol. The molecular formula is C9H16N2O4. The maximum atomic E-state index is 11.4. The number of hydrogen-bond acceptors (Lipinski definition) is 4. The van der Waals surface area contributed by atoms with Gasteiger partial charge in [0.2, 0.25) is 11.8 Å². The molecule has 0 spiro atoms. The highest BCUT2D eigenvalue weighted by Gasteiger charge is 2.25. The van der Waals surface area contributed by atoms with Crippen molar-refractivity contribution in [3.63, 3.8) is 0 Å². The van der Waals surface area contributed by atoms with Gasteiger partial charge in [0.05, 0.1) is 0 Å². The summed E-state index contributed by atoms with van der Waals surface area (Å²) in [6.45, 7) is 7.34. The highest BCUT2D eigenvalue weighted by Crippen LogP contribution is 2.08. The average Bonchev–Trinajstić information content (AvgIpc) is 1.95. The number of nitrogens with one attached hydrogen (secondary N) is 1. The summed E-state index contributed by atoms with van der Waals surface area (Å²) in [5.41, 5.74) is 1.35. The molecule has 0 bridgehead atoms. The van der Waals surface area contributed by atoms with Crippen molar-refractivity contribution < 1.29 is 19.1 Å². The van der Waals surface area contributed by atoms with Gasteiger partial charge in [0, 0.05) is 13.8 Å². The summed E-state index contributed by atoms with van der Waals surface area (Å²) in [6.07, 6.45) is -0.898. The number of rotatable bonds is 0. The van der Waals surface area contributed by atoms with Gasteiger partial charge in [-0.1, -0.05) is 0 Å².